The first-order valence-electron chi connectivity index (χ1n) is 9.46. The van der Waals surface area contributed by atoms with E-state index < -0.39 is 0 Å². The van der Waals surface area contributed by atoms with E-state index in [0.29, 0.717) is 11.8 Å². The first-order chi connectivity index (χ1) is 11.1. The predicted octanol–water partition coefficient (Wildman–Crippen LogP) is 6.03. The van der Waals surface area contributed by atoms with Gasteiger partial charge in [-0.15, -0.1) is 0 Å². The van der Waals surface area contributed by atoms with Gasteiger partial charge in [0.2, 0.25) is 0 Å². The molecule has 0 saturated heterocycles. The Morgan fingerprint density at radius 3 is 2.21 bits per heavy atom. The third-order valence-corrected chi connectivity index (χ3v) is 5.85. The summed E-state index contributed by atoms with van der Waals surface area (Å²) < 4.78 is 10.9. The summed E-state index contributed by atoms with van der Waals surface area (Å²) in [5.74, 6) is 1.18. The smallest absolute Gasteiger partial charge is 0.0497 e. The highest BCUT2D eigenvalue weighted by Gasteiger charge is 2.32. The Morgan fingerprint density at radius 1 is 1.08 bits per heavy atom. The molecule has 0 heterocycles. The van der Waals surface area contributed by atoms with E-state index >= 15 is 0 Å². The molecule has 0 aromatic carbocycles. The summed E-state index contributed by atoms with van der Waals surface area (Å²) in [4.78, 5) is 0. The molecule has 2 unspecified atom stereocenters. The Balaban J connectivity index is 2.72. The molecule has 0 aromatic heterocycles. The standard InChI is InChI=1S/C22H40O2/c1-17(21(2,3)4)10-9-13-22(5,6)20-12-11-18(15-23-7)19(14-20)16-24-8/h10,12,18-19H,9,11,13-16H2,1-8H3/b17-10+. The van der Waals surface area contributed by atoms with Crippen molar-refractivity contribution >= 4 is 0 Å². The van der Waals surface area contributed by atoms with Gasteiger partial charge in [-0.05, 0) is 55.3 Å². The number of rotatable bonds is 8. The molecule has 2 nitrogen and oxygen atoms in total. The zero-order valence-corrected chi connectivity index (χ0v) is 17.4. The van der Waals surface area contributed by atoms with Crippen LogP contribution in [0, 0.1) is 22.7 Å². The van der Waals surface area contributed by atoms with Crippen molar-refractivity contribution in [3.05, 3.63) is 23.3 Å². The quantitative estimate of drug-likeness (QED) is 0.504. The molecule has 1 aliphatic rings. The van der Waals surface area contributed by atoms with Gasteiger partial charge in [-0.2, -0.15) is 0 Å². The van der Waals surface area contributed by atoms with Crippen molar-refractivity contribution in [1.29, 1.82) is 0 Å². The van der Waals surface area contributed by atoms with Crippen molar-refractivity contribution in [3.8, 4) is 0 Å². The second-order valence-electron chi connectivity index (χ2n) is 9.16. The van der Waals surface area contributed by atoms with E-state index in [0.717, 1.165) is 32.5 Å². The Morgan fingerprint density at radius 2 is 1.67 bits per heavy atom. The maximum absolute atomic E-state index is 5.48. The van der Waals surface area contributed by atoms with Gasteiger partial charge in [0.05, 0.1) is 0 Å². The van der Waals surface area contributed by atoms with Gasteiger partial charge in [-0.1, -0.05) is 57.9 Å². The van der Waals surface area contributed by atoms with Crippen LogP contribution in [-0.2, 0) is 9.47 Å². The van der Waals surface area contributed by atoms with E-state index in [1.165, 1.54) is 12.0 Å². The van der Waals surface area contributed by atoms with Crippen LogP contribution in [0.4, 0.5) is 0 Å². The van der Waals surface area contributed by atoms with Crippen molar-refractivity contribution in [2.45, 2.75) is 67.2 Å². The monoisotopic (exact) mass is 336 g/mol. The maximum Gasteiger partial charge on any atom is 0.0497 e. The fourth-order valence-electron chi connectivity index (χ4n) is 3.51. The highest BCUT2D eigenvalue weighted by molar-refractivity contribution is 5.17. The van der Waals surface area contributed by atoms with Gasteiger partial charge in [-0.3, -0.25) is 0 Å². The molecule has 2 atom stereocenters. The summed E-state index contributed by atoms with van der Waals surface area (Å²) >= 11 is 0. The van der Waals surface area contributed by atoms with Crippen LogP contribution < -0.4 is 0 Å². The van der Waals surface area contributed by atoms with Crippen LogP contribution in [0.25, 0.3) is 0 Å². The molecule has 0 amide bonds. The minimum Gasteiger partial charge on any atom is -0.384 e. The molecule has 140 valence electrons. The van der Waals surface area contributed by atoms with Gasteiger partial charge in [0.15, 0.2) is 0 Å². The van der Waals surface area contributed by atoms with Gasteiger partial charge in [-0.25, -0.2) is 0 Å². The summed E-state index contributed by atoms with van der Waals surface area (Å²) in [5, 5.41) is 0. The SMILES string of the molecule is COCC1CC=C(C(C)(C)CC/C=C(\C)C(C)(C)C)CC1COC. The summed E-state index contributed by atoms with van der Waals surface area (Å²) in [6, 6.07) is 0. The molecule has 0 fully saturated rings. The minimum absolute atomic E-state index is 0.263. The lowest BCUT2D eigenvalue weighted by atomic mass is 9.70. The van der Waals surface area contributed by atoms with Crippen LogP contribution in [0.2, 0.25) is 0 Å². The number of allylic oxidation sites excluding steroid dienone is 4. The van der Waals surface area contributed by atoms with Crippen LogP contribution >= 0.6 is 0 Å². The molecule has 24 heavy (non-hydrogen) atoms. The van der Waals surface area contributed by atoms with Crippen molar-refractivity contribution in [2.75, 3.05) is 27.4 Å². The second kappa shape index (κ2) is 9.20. The van der Waals surface area contributed by atoms with Gasteiger partial charge in [0.25, 0.3) is 0 Å². The van der Waals surface area contributed by atoms with Crippen molar-refractivity contribution in [1.82, 2.24) is 0 Å². The van der Waals surface area contributed by atoms with Gasteiger partial charge >= 0.3 is 0 Å². The fourth-order valence-corrected chi connectivity index (χ4v) is 3.51. The molecule has 1 aliphatic carbocycles. The van der Waals surface area contributed by atoms with Gasteiger partial charge in [0, 0.05) is 27.4 Å². The average Bonchev–Trinajstić information content (AvgIpc) is 2.48. The number of methoxy groups -OCH3 is 2. The zero-order valence-electron chi connectivity index (χ0n) is 17.4. The number of ether oxygens (including phenoxy) is 2. The van der Waals surface area contributed by atoms with Gasteiger partial charge < -0.3 is 9.47 Å². The first-order valence-corrected chi connectivity index (χ1v) is 9.46. The zero-order chi connectivity index (χ0) is 18.4. The Kier molecular flexibility index (Phi) is 8.22. The van der Waals surface area contributed by atoms with Crippen LogP contribution in [-0.4, -0.2) is 27.4 Å². The Labute approximate surface area is 150 Å². The lowest BCUT2D eigenvalue weighted by Crippen LogP contribution is -2.30. The summed E-state index contributed by atoms with van der Waals surface area (Å²) in [6.07, 6.45) is 9.56. The third kappa shape index (κ3) is 6.37. The van der Waals surface area contributed by atoms with Crippen LogP contribution in [0.3, 0.4) is 0 Å². The predicted molar refractivity (Wildman–Crippen MR) is 104 cm³/mol. The summed E-state index contributed by atoms with van der Waals surface area (Å²) in [7, 11) is 3.62. The van der Waals surface area contributed by atoms with Crippen molar-refractivity contribution in [2.24, 2.45) is 22.7 Å². The molecule has 0 N–H and O–H groups in total. The van der Waals surface area contributed by atoms with E-state index in [-0.39, 0.29) is 10.8 Å². The minimum atomic E-state index is 0.263. The molecule has 0 saturated carbocycles. The molecular formula is C22H40O2. The highest BCUT2D eigenvalue weighted by atomic mass is 16.5. The van der Waals surface area contributed by atoms with Crippen LogP contribution in [0.1, 0.15) is 67.2 Å². The first kappa shape index (κ1) is 21.4. The topological polar surface area (TPSA) is 18.5 Å². The Bertz CT molecular complexity index is 437. The lowest BCUT2D eigenvalue weighted by Gasteiger charge is -2.37. The largest absolute Gasteiger partial charge is 0.384 e. The van der Waals surface area contributed by atoms with E-state index in [1.807, 2.05) is 7.11 Å². The van der Waals surface area contributed by atoms with Gasteiger partial charge in [0.1, 0.15) is 0 Å². The van der Waals surface area contributed by atoms with Crippen molar-refractivity contribution in [3.63, 3.8) is 0 Å². The molecule has 0 spiro atoms. The lowest BCUT2D eigenvalue weighted by molar-refractivity contribution is 0.0634. The second-order valence-corrected chi connectivity index (χ2v) is 9.16. The molecular weight excluding hydrogens is 296 g/mol. The Hall–Kier alpha value is -0.600. The molecule has 0 aromatic rings. The van der Waals surface area contributed by atoms with E-state index in [4.69, 9.17) is 9.47 Å². The molecule has 1 rings (SSSR count). The van der Waals surface area contributed by atoms with E-state index in [1.54, 1.807) is 12.7 Å². The van der Waals surface area contributed by atoms with E-state index in [2.05, 4.69) is 53.7 Å². The molecule has 0 radical (unpaired) electrons. The average molecular weight is 337 g/mol. The maximum atomic E-state index is 5.48. The number of hydrogen-bond acceptors (Lipinski definition) is 2. The fraction of sp³-hybridized carbons (Fsp3) is 0.818. The van der Waals surface area contributed by atoms with E-state index in [9.17, 15) is 0 Å². The molecule has 2 heteroatoms. The third-order valence-electron chi connectivity index (χ3n) is 5.85. The summed E-state index contributed by atoms with van der Waals surface area (Å²) in [6.45, 7) is 15.6. The normalized spacial score (nSPS) is 23.3. The van der Waals surface area contributed by atoms with Crippen LogP contribution in [0.5, 0.6) is 0 Å². The van der Waals surface area contributed by atoms with Crippen LogP contribution in [0.15, 0.2) is 23.3 Å². The highest BCUT2D eigenvalue weighted by Crippen LogP contribution is 2.42. The van der Waals surface area contributed by atoms with Crippen molar-refractivity contribution < 1.29 is 9.47 Å². The number of hydrogen-bond donors (Lipinski definition) is 0. The summed E-state index contributed by atoms with van der Waals surface area (Å²) in [5.41, 5.74) is 3.65. The molecule has 0 bridgehead atoms. The molecule has 0 aliphatic heterocycles.